The number of carbonyl (C=O) groups is 1. The van der Waals surface area contributed by atoms with Gasteiger partial charge in [-0.15, -0.1) is 0 Å². The summed E-state index contributed by atoms with van der Waals surface area (Å²) in [5.41, 5.74) is 2.11. The van der Waals surface area contributed by atoms with Crippen molar-refractivity contribution < 1.29 is 14.3 Å². The lowest BCUT2D eigenvalue weighted by Crippen LogP contribution is -2.11. The highest BCUT2D eigenvalue weighted by Crippen LogP contribution is 2.25. The Kier molecular flexibility index (Phi) is 3.37. The molecule has 1 aliphatic heterocycles. The predicted octanol–water partition coefficient (Wildman–Crippen LogP) is 2.38. The Morgan fingerprint density at radius 2 is 2.38 bits per heavy atom. The van der Waals surface area contributed by atoms with Crippen molar-refractivity contribution in [2.45, 2.75) is 19.1 Å². The van der Waals surface area contributed by atoms with E-state index in [0.29, 0.717) is 13.0 Å². The molecule has 0 saturated carbocycles. The molecule has 0 amide bonds. The van der Waals surface area contributed by atoms with E-state index in [1.165, 1.54) is 12.3 Å². The first-order valence-corrected chi connectivity index (χ1v) is 5.22. The Morgan fingerprint density at radius 1 is 1.50 bits per heavy atom. The molecular weight excluding hydrogens is 204 g/mol. The number of ether oxygens (including phenoxy) is 2. The van der Waals surface area contributed by atoms with E-state index in [1.807, 2.05) is 24.3 Å². The zero-order chi connectivity index (χ0) is 11.4. The molecule has 0 aliphatic carbocycles. The van der Waals surface area contributed by atoms with Crippen molar-refractivity contribution in [3.05, 3.63) is 47.7 Å². The van der Waals surface area contributed by atoms with Gasteiger partial charge in [0.25, 0.3) is 0 Å². The second-order valence-corrected chi connectivity index (χ2v) is 3.78. The summed E-state index contributed by atoms with van der Waals surface area (Å²) in [5.74, 6) is 0.105. The van der Waals surface area contributed by atoms with Gasteiger partial charge in [0.1, 0.15) is 6.10 Å². The summed E-state index contributed by atoms with van der Waals surface area (Å²) in [6.45, 7) is 0.574. The molecule has 0 fully saturated rings. The molecule has 0 N–H and O–H groups in total. The van der Waals surface area contributed by atoms with Gasteiger partial charge in [-0.3, -0.25) is 4.79 Å². The molecule has 1 aromatic rings. The van der Waals surface area contributed by atoms with Crippen LogP contribution in [0, 0.1) is 0 Å². The number of benzene rings is 1. The van der Waals surface area contributed by atoms with E-state index in [9.17, 15) is 4.79 Å². The standard InChI is InChI=1S/C13H14O3/c1-15-9-10-3-2-4-11(7-10)13-8-12(14)5-6-16-13/h2-7,13H,8-9H2,1H3. The zero-order valence-corrected chi connectivity index (χ0v) is 9.18. The maximum atomic E-state index is 11.3. The fourth-order valence-corrected chi connectivity index (χ4v) is 1.76. The fraction of sp³-hybridized carbons (Fsp3) is 0.308. The maximum Gasteiger partial charge on any atom is 0.162 e. The van der Waals surface area contributed by atoms with Gasteiger partial charge in [0, 0.05) is 13.2 Å². The van der Waals surface area contributed by atoms with Crippen LogP contribution in [0.5, 0.6) is 0 Å². The Labute approximate surface area is 94.7 Å². The van der Waals surface area contributed by atoms with Gasteiger partial charge >= 0.3 is 0 Å². The number of allylic oxidation sites excluding steroid dienone is 1. The summed E-state index contributed by atoms with van der Waals surface area (Å²) in [6, 6.07) is 7.93. The fourth-order valence-electron chi connectivity index (χ4n) is 1.76. The van der Waals surface area contributed by atoms with Crippen molar-refractivity contribution in [3.8, 4) is 0 Å². The van der Waals surface area contributed by atoms with E-state index < -0.39 is 0 Å². The summed E-state index contributed by atoms with van der Waals surface area (Å²) in [7, 11) is 1.66. The Morgan fingerprint density at radius 3 is 3.12 bits per heavy atom. The van der Waals surface area contributed by atoms with Gasteiger partial charge in [-0.05, 0) is 17.2 Å². The van der Waals surface area contributed by atoms with Gasteiger partial charge in [0.2, 0.25) is 0 Å². The van der Waals surface area contributed by atoms with Crippen molar-refractivity contribution in [2.24, 2.45) is 0 Å². The van der Waals surface area contributed by atoms with Crippen LogP contribution >= 0.6 is 0 Å². The van der Waals surface area contributed by atoms with Crippen LogP contribution in [0.2, 0.25) is 0 Å². The number of hydrogen-bond acceptors (Lipinski definition) is 3. The highest BCUT2D eigenvalue weighted by atomic mass is 16.5. The van der Waals surface area contributed by atoms with Gasteiger partial charge in [-0.1, -0.05) is 18.2 Å². The maximum absolute atomic E-state index is 11.3. The normalized spacial score (nSPS) is 19.6. The average Bonchev–Trinajstić information content (AvgIpc) is 2.30. The van der Waals surface area contributed by atoms with E-state index in [-0.39, 0.29) is 11.9 Å². The molecule has 2 rings (SSSR count). The molecule has 3 heteroatoms. The summed E-state index contributed by atoms with van der Waals surface area (Å²) < 4.78 is 10.5. The minimum absolute atomic E-state index is 0.105. The van der Waals surface area contributed by atoms with Crippen LogP contribution in [0.1, 0.15) is 23.7 Å². The van der Waals surface area contributed by atoms with Gasteiger partial charge in [0.15, 0.2) is 5.78 Å². The van der Waals surface area contributed by atoms with Crippen LogP contribution in [0.4, 0.5) is 0 Å². The van der Waals surface area contributed by atoms with Crippen molar-refractivity contribution in [3.63, 3.8) is 0 Å². The monoisotopic (exact) mass is 218 g/mol. The quantitative estimate of drug-likeness (QED) is 0.781. The minimum atomic E-state index is -0.158. The van der Waals surface area contributed by atoms with E-state index in [1.54, 1.807) is 7.11 Å². The number of methoxy groups -OCH3 is 1. The molecule has 0 bridgehead atoms. The number of carbonyl (C=O) groups excluding carboxylic acids is 1. The topological polar surface area (TPSA) is 35.5 Å². The molecule has 0 spiro atoms. The molecule has 1 aromatic carbocycles. The summed E-state index contributed by atoms with van der Waals surface area (Å²) >= 11 is 0. The molecule has 0 radical (unpaired) electrons. The highest BCUT2D eigenvalue weighted by Gasteiger charge is 2.18. The largest absolute Gasteiger partial charge is 0.493 e. The lowest BCUT2D eigenvalue weighted by atomic mass is 10.0. The van der Waals surface area contributed by atoms with Crippen LogP contribution in [0.25, 0.3) is 0 Å². The molecule has 1 atom stereocenters. The first-order valence-electron chi connectivity index (χ1n) is 5.22. The summed E-state index contributed by atoms with van der Waals surface area (Å²) in [6.07, 6.45) is 3.19. The van der Waals surface area contributed by atoms with Gasteiger partial charge < -0.3 is 9.47 Å². The Bertz CT molecular complexity index is 409. The number of hydrogen-bond donors (Lipinski definition) is 0. The van der Waals surface area contributed by atoms with Gasteiger partial charge in [-0.25, -0.2) is 0 Å². The summed E-state index contributed by atoms with van der Waals surface area (Å²) in [5, 5.41) is 0. The predicted molar refractivity (Wildman–Crippen MR) is 59.7 cm³/mol. The first kappa shape index (κ1) is 10.9. The molecular formula is C13H14O3. The molecule has 16 heavy (non-hydrogen) atoms. The van der Waals surface area contributed by atoms with E-state index in [4.69, 9.17) is 9.47 Å². The van der Waals surface area contributed by atoms with Gasteiger partial charge in [0.05, 0.1) is 19.3 Å². The molecule has 1 unspecified atom stereocenters. The molecule has 3 nitrogen and oxygen atoms in total. The van der Waals surface area contributed by atoms with Crippen molar-refractivity contribution in [2.75, 3.05) is 7.11 Å². The molecule has 84 valence electrons. The van der Waals surface area contributed by atoms with E-state index in [0.717, 1.165) is 11.1 Å². The molecule has 1 heterocycles. The van der Waals surface area contributed by atoms with Crippen LogP contribution in [0.3, 0.4) is 0 Å². The smallest absolute Gasteiger partial charge is 0.162 e. The van der Waals surface area contributed by atoms with Crippen LogP contribution in [-0.2, 0) is 20.9 Å². The third kappa shape index (κ3) is 2.49. The van der Waals surface area contributed by atoms with Crippen molar-refractivity contribution in [1.29, 1.82) is 0 Å². The third-order valence-electron chi connectivity index (χ3n) is 2.52. The van der Waals surface area contributed by atoms with Crippen LogP contribution < -0.4 is 0 Å². The average molecular weight is 218 g/mol. The summed E-state index contributed by atoms with van der Waals surface area (Å²) in [4.78, 5) is 11.3. The first-order chi connectivity index (χ1) is 7.79. The van der Waals surface area contributed by atoms with E-state index >= 15 is 0 Å². The lowest BCUT2D eigenvalue weighted by Gasteiger charge is -2.19. The lowest BCUT2D eigenvalue weighted by molar-refractivity contribution is -0.118. The van der Waals surface area contributed by atoms with Crippen LogP contribution in [-0.4, -0.2) is 12.9 Å². The third-order valence-corrected chi connectivity index (χ3v) is 2.52. The van der Waals surface area contributed by atoms with Crippen LogP contribution in [0.15, 0.2) is 36.6 Å². The van der Waals surface area contributed by atoms with E-state index in [2.05, 4.69) is 0 Å². The minimum Gasteiger partial charge on any atom is -0.493 e. The van der Waals surface area contributed by atoms with Gasteiger partial charge in [-0.2, -0.15) is 0 Å². The zero-order valence-electron chi connectivity index (χ0n) is 9.18. The Balaban J connectivity index is 2.17. The second-order valence-electron chi connectivity index (χ2n) is 3.78. The Hall–Kier alpha value is -1.61. The SMILES string of the molecule is COCc1cccc(C2CC(=O)C=CO2)c1. The molecule has 0 aromatic heterocycles. The molecule has 0 saturated heterocycles. The molecule has 1 aliphatic rings. The number of rotatable bonds is 3. The van der Waals surface area contributed by atoms with Crippen molar-refractivity contribution in [1.82, 2.24) is 0 Å². The number of ketones is 1. The van der Waals surface area contributed by atoms with Crippen molar-refractivity contribution >= 4 is 5.78 Å². The second kappa shape index (κ2) is 4.94. The highest BCUT2D eigenvalue weighted by molar-refractivity contribution is 5.90.